The monoisotopic (exact) mass is 359 g/mol. The van der Waals surface area contributed by atoms with Crippen LogP contribution >= 0.6 is 0 Å². The number of nitriles is 1. The lowest BCUT2D eigenvalue weighted by molar-refractivity contribution is 0.101. The Morgan fingerprint density at radius 2 is 1.89 bits per heavy atom. The number of fused-ring (bicyclic) bond motifs is 1. The van der Waals surface area contributed by atoms with Crippen molar-refractivity contribution in [2.45, 2.75) is 26.2 Å². The SMILES string of the molecule is CC(=O)c1ccc(C#N)c(N2CCC(CN3CCc4ccccc43)CC2)c1. The molecular weight excluding hydrogens is 334 g/mol. The molecular formula is C23H25N3O. The second-order valence-electron chi connectivity index (χ2n) is 7.66. The van der Waals surface area contributed by atoms with Gasteiger partial charge in [-0.1, -0.05) is 18.2 Å². The highest BCUT2D eigenvalue weighted by Gasteiger charge is 2.26. The van der Waals surface area contributed by atoms with Crippen molar-refractivity contribution in [3.8, 4) is 6.07 Å². The zero-order chi connectivity index (χ0) is 18.8. The lowest BCUT2D eigenvalue weighted by atomic mass is 9.94. The third kappa shape index (κ3) is 3.55. The van der Waals surface area contributed by atoms with Crippen LogP contribution in [0.15, 0.2) is 42.5 Å². The summed E-state index contributed by atoms with van der Waals surface area (Å²) in [6, 6.07) is 16.4. The molecule has 1 fully saturated rings. The van der Waals surface area contributed by atoms with Crippen LogP contribution in [-0.4, -0.2) is 32.0 Å². The average molecular weight is 359 g/mol. The number of para-hydroxylation sites is 1. The predicted octanol–water partition coefficient (Wildman–Crippen LogP) is 4.04. The van der Waals surface area contributed by atoms with Gasteiger partial charge in [-0.15, -0.1) is 0 Å². The van der Waals surface area contributed by atoms with Gasteiger partial charge >= 0.3 is 0 Å². The maximum absolute atomic E-state index is 11.7. The van der Waals surface area contributed by atoms with Crippen molar-refractivity contribution in [2.75, 3.05) is 36.0 Å². The van der Waals surface area contributed by atoms with E-state index in [0.717, 1.165) is 51.1 Å². The maximum atomic E-state index is 11.7. The van der Waals surface area contributed by atoms with Crippen LogP contribution in [0.5, 0.6) is 0 Å². The number of Topliss-reactive ketones (excluding diaryl/α,β-unsaturated/α-hetero) is 1. The molecule has 0 saturated carbocycles. The Morgan fingerprint density at radius 3 is 2.63 bits per heavy atom. The smallest absolute Gasteiger partial charge is 0.159 e. The quantitative estimate of drug-likeness (QED) is 0.773. The molecule has 4 nitrogen and oxygen atoms in total. The fraction of sp³-hybridized carbons (Fsp3) is 0.391. The highest BCUT2D eigenvalue weighted by Crippen LogP contribution is 2.32. The minimum Gasteiger partial charge on any atom is -0.371 e. The summed E-state index contributed by atoms with van der Waals surface area (Å²) in [4.78, 5) is 16.5. The first-order valence-electron chi connectivity index (χ1n) is 9.78. The maximum Gasteiger partial charge on any atom is 0.159 e. The fourth-order valence-corrected chi connectivity index (χ4v) is 4.37. The van der Waals surface area contributed by atoms with E-state index in [-0.39, 0.29) is 5.78 Å². The van der Waals surface area contributed by atoms with E-state index in [2.05, 4.69) is 40.1 Å². The summed E-state index contributed by atoms with van der Waals surface area (Å²) >= 11 is 0. The number of carbonyl (C=O) groups is 1. The highest BCUT2D eigenvalue weighted by molar-refractivity contribution is 5.95. The van der Waals surface area contributed by atoms with Crippen LogP contribution in [0.1, 0.15) is 41.3 Å². The number of carbonyl (C=O) groups excluding carboxylic acids is 1. The number of hydrogen-bond donors (Lipinski definition) is 0. The molecule has 0 aromatic heterocycles. The van der Waals surface area contributed by atoms with E-state index in [1.807, 2.05) is 6.07 Å². The average Bonchev–Trinajstić information content (AvgIpc) is 3.11. The normalized spacial score (nSPS) is 16.9. The largest absolute Gasteiger partial charge is 0.371 e. The summed E-state index contributed by atoms with van der Waals surface area (Å²) in [6.45, 7) is 5.69. The van der Waals surface area contributed by atoms with E-state index >= 15 is 0 Å². The lowest BCUT2D eigenvalue weighted by Gasteiger charge is -2.36. The van der Waals surface area contributed by atoms with Crippen molar-refractivity contribution in [3.05, 3.63) is 59.2 Å². The molecule has 4 rings (SSSR count). The predicted molar refractivity (Wildman–Crippen MR) is 108 cm³/mol. The molecule has 2 aliphatic heterocycles. The molecule has 2 heterocycles. The third-order valence-electron chi connectivity index (χ3n) is 5.94. The van der Waals surface area contributed by atoms with E-state index in [1.165, 1.54) is 11.3 Å². The van der Waals surface area contributed by atoms with Gasteiger partial charge < -0.3 is 9.80 Å². The van der Waals surface area contributed by atoms with Gasteiger partial charge in [0.05, 0.1) is 11.3 Å². The van der Waals surface area contributed by atoms with Gasteiger partial charge in [0.2, 0.25) is 0 Å². The van der Waals surface area contributed by atoms with E-state index in [1.54, 1.807) is 19.1 Å². The van der Waals surface area contributed by atoms with Gasteiger partial charge in [-0.2, -0.15) is 5.26 Å². The highest BCUT2D eigenvalue weighted by atomic mass is 16.1. The van der Waals surface area contributed by atoms with Crippen LogP contribution in [0, 0.1) is 17.2 Å². The molecule has 0 unspecified atom stereocenters. The number of ketones is 1. The minimum absolute atomic E-state index is 0.0447. The third-order valence-corrected chi connectivity index (χ3v) is 5.94. The van der Waals surface area contributed by atoms with E-state index in [0.29, 0.717) is 17.0 Å². The summed E-state index contributed by atoms with van der Waals surface area (Å²) in [7, 11) is 0. The summed E-state index contributed by atoms with van der Waals surface area (Å²) in [5.74, 6) is 0.720. The Balaban J connectivity index is 1.42. The molecule has 0 N–H and O–H groups in total. The summed E-state index contributed by atoms with van der Waals surface area (Å²) in [5.41, 5.74) is 5.12. The van der Waals surface area contributed by atoms with Gasteiger partial charge in [0.15, 0.2) is 5.78 Å². The van der Waals surface area contributed by atoms with E-state index in [4.69, 9.17) is 0 Å². The van der Waals surface area contributed by atoms with Crippen LogP contribution < -0.4 is 9.80 Å². The standard InChI is InChI=1S/C23H25N3O/c1-17(27)20-6-7-21(15-24)23(14-20)25-11-8-18(9-12-25)16-26-13-10-19-4-2-3-5-22(19)26/h2-7,14,18H,8-13,16H2,1H3. The van der Waals surface area contributed by atoms with Crippen molar-refractivity contribution >= 4 is 17.2 Å². The topological polar surface area (TPSA) is 47.3 Å². The van der Waals surface area contributed by atoms with Gasteiger partial charge in [-0.05, 0) is 61.9 Å². The first kappa shape index (κ1) is 17.6. The molecule has 27 heavy (non-hydrogen) atoms. The molecule has 0 radical (unpaired) electrons. The Hall–Kier alpha value is -2.80. The van der Waals surface area contributed by atoms with Crippen molar-refractivity contribution in [1.82, 2.24) is 0 Å². The van der Waals surface area contributed by atoms with Crippen LogP contribution in [0.2, 0.25) is 0 Å². The molecule has 0 bridgehead atoms. The number of nitrogens with zero attached hydrogens (tertiary/aromatic N) is 3. The lowest BCUT2D eigenvalue weighted by Crippen LogP contribution is -2.38. The van der Waals surface area contributed by atoms with E-state index in [9.17, 15) is 10.1 Å². The second kappa shape index (κ2) is 7.44. The zero-order valence-corrected chi connectivity index (χ0v) is 15.8. The number of benzene rings is 2. The van der Waals surface area contributed by atoms with Crippen molar-refractivity contribution in [2.24, 2.45) is 5.92 Å². The molecule has 1 saturated heterocycles. The molecule has 0 amide bonds. The summed E-state index contributed by atoms with van der Waals surface area (Å²) in [6.07, 6.45) is 3.39. The van der Waals surface area contributed by atoms with Crippen LogP contribution in [0.3, 0.4) is 0 Å². The first-order chi connectivity index (χ1) is 13.2. The van der Waals surface area contributed by atoms with Gasteiger partial charge in [0.25, 0.3) is 0 Å². The molecule has 138 valence electrons. The molecule has 2 aromatic rings. The summed E-state index contributed by atoms with van der Waals surface area (Å²) in [5, 5.41) is 9.45. The van der Waals surface area contributed by atoms with Gasteiger partial charge in [-0.3, -0.25) is 4.79 Å². The molecule has 2 aromatic carbocycles. The molecule has 2 aliphatic rings. The van der Waals surface area contributed by atoms with Crippen molar-refractivity contribution in [1.29, 1.82) is 5.26 Å². The number of hydrogen-bond acceptors (Lipinski definition) is 4. The van der Waals surface area contributed by atoms with Crippen LogP contribution in [0.4, 0.5) is 11.4 Å². The van der Waals surface area contributed by atoms with Crippen LogP contribution in [0.25, 0.3) is 0 Å². The Morgan fingerprint density at radius 1 is 1.11 bits per heavy atom. The Kier molecular flexibility index (Phi) is 4.85. The van der Waals surface area contributed by atoms with Crippen LogP contribution in [-0.2, 0) is 6.42 Å². The fourth-order valence-electron chi connectivity index (χ4n) is 4.37. The van der Waals surface area contributed by atoms with Gasteiger partial charge in [-0.25, -0.2) is 0 Å². The molecule has 0 atom stereocenters. The van der Waals surface area contributed by atoms with Gasteiger partial charge in [0, 0.05) is 37.4 Å². The number of anilines is 2. The van der Waals surface area contributed by atoms with E-state index < -0.39 is 0 Å². The number of rotatable bonds is 4. The van der Waals surface area contributed by atoms with Crippen molar-refractivity contribution in [3.63, 3.8) is 0 Å². The first-order valence-corrected chi connectivity index (χ1v) is 9.78. The molecule has 0 spiro atoms. The minimum atomic E-state index is 0.0447. The number of piperidine rings is 1. The Bertz CT molecular complexity index is 891. The zero-order valence-electron chi connectivity index (χ0n) is 15.8. The Labute approximate surface area is 161 Å². The molecule has 4 heteroatoms. The summed E-state index contributed by atoms with van der Waals surface area (Å²) < 4.78 is 0. The second-order valence-corrected chi connectivity index (χ2v) is 7.66. The van der Waals surface area contributed by atoms with Crippen molar-refractivity contribution < 1.29 is 4.79 Å². The molecule has 0 aliphatic carbocycles. The van der Waals surface area contributed by atoms with Gasteiger partial charge in [0.1, 0.15) is 6.07 Å².